The van der Waals surface area contributed by atoms with Gasteiger partial charge in [-0.2, -0.15) is 0 Å². The smallest absolute Gasteiger partial charge is 0.331 e. The summed E-state index contributed by atoms with van der Waals surface area (Å²) >= 11 is 0. The first kappa shape index (κ1) is 33.2. The first-order valence-electron chi connectivity index (χ1n) is 14.1. The third-order valence-electron chi connectivity index (χ3n) is 6.10. The van der Waals surface area contributed by atoms with Crippen LogP contribution in [0.25, 0.3) is 0 Å². The minimum Gasteiger partial charge on any atom is -0.393 e. The van der Waals surface area contributed by atoms with Crippen molar-refractivity contribution < 1.29 is 28.7 Å². The van der Waals surface area contributed by atoms with Crippen LogP contribution in [0.2, 0.25) is 0 Å². The minimum atomic E-state index is -1.32. The number of ether oxygens (including phenoxy) is 2. The molecule has 7 heteroatoms. The molecule has 0 spiro atoms. The van der Waals surface area contributed by atoms with Crippen LogP contribution in [-0.2, 0) is 28.7 Å². The van der Waals surface area contributed by atoms with E-state index in [9.17, 15) is 19.2 Å². The summed E-state index contributed by atoms with van der Waals surface area (Å²) in [6.45, 7) is 4.40. The van der Waals surface area contributed by atoms with Crippen molar-refractivity contribution >= 4 is 23.9 Å². The lowest BCUT2D eigenvalue weighted by molar-refractivity contribution is -0.166. The average molecular weight is 498 g/mol. The number of carbonyl (C=O) groups excluding carboxylic acids is 4. The summed E-state index contributed by atoms with van der Waals surface area (Å²) in [5, 5.41) is 0. The molecule has 0 aliphatic rings. The Morgan fingerprint density at radius 1 is 0.514 bits per heavy atom. The van der Waals surface area contributed by atoms with Gasteiger partial charge in [0.15, 0.2) is 0 Å². The van der Waals surface area contributed by atoms with Crippen molar-refractivity contribution in [2.75, 3.05) is 0 Å². The molecular formula is C28H51NO6. The Kier molecular flexibility index (Phi) is 22.8. The van der Waals surface area contributed by atoms with Crippen molar-refractivity contribution in [3.63, 3.8) is 0 Å². The Balaban J connectivity index is 3.77. The number of hydrogen-bond donors (Lipinski definition) is 1. The highest BCUT2D eigenvalue weighted by molar-refractivity contribution is 5.92. The molecule has 0 aromatic heterocycles. The SMILES string of the molecule is CCCCCCCCCCCC(=O)OC(=O)C[C@H](N)C(=O)OC(=O)CCCCCCCCCCC. The number of esters is 4. The van der Waals surface area contributed by atoms with E-state index in [-0.39, 0.29) is 12.8 Å². The van der Waals surface area contributed by atoms with E-state index in [0.717, 1.165) is 38.5 Å². The normalized spacial score (nSPS) is 11.7. The third-order valence-corrected chi connectivity index (χ3v) is 6.10. The van der Waals surface area contributed by atoms with Gasteiger partial charge in [0.1, 0.15) is 6.04 Å². The van der Waals surface area contributed by atoms with E-state index in [0.29, 0.717) is 12.8 Å². The highest BCUT2D eigenvalue weighted by Crippen LogP contribution is 2.12. The molecule has 0 aliphatic heterocycles. The second kappa shape index (κ2) is 24.0. The summed E-state index contributed by atoms with van der Waals surface area (Å²) in [6, 6.07) is -1.32. The zero-order chi connectivity index (χ0) is 26.2. The molecule has 0 fully saturated rings. The standard InChI is InChI=1S/C28H51NO6/c1-3-5-7-9-11-13-15-17-19-21-25(30)34-27(32)23-24(29)28(33)35-26(31)22-20-18-16-14-12-10-8-6-4-2/h24H,3-23,29H2,1-2H3/t24-/m0/s1. The van der Waals surface area contributed by atoms with Gasteiger partial charge in [0.2, 0.25) is 0 Å². The van der Waals surface area contributed by atoms with Crippen molar-refractivity contribution in [1.82, 2.24) is 0 Å². The second-order valence-corrected chi connectivity index (χ2v) is 9.61. The highest BCUT2D eigenvalue weighted by atomic mass is 16.6. The summed E-state index contributed by atoms with van der Waals surface area (Å²) in [5.74, 6) is -3.08. The lowest BCUT2D eigenvalue weighted by Crippen LogP contribution is -2.36. The van der Waals surface area contributed by atoms with Gasteiger partial charge in [0, 0.05) is 12.8 Å². The minimum absolute atomic E-state index is 0.149. The van der Waals surface area contributed by atoms with Crippen molar-refractivity contribution in [2.45, 2.75) is 155 Å². The van der Waals surface area contributed by atoms with Crippen LogP contribution >= 0.6 is 0 Å². The van der Waals surface area contributed by atoms with E-state index in [4.69, 9.17) is 15.2 Å². The van der Waals surface area contributed by atoms with Crippen LogP contribution in [0.5, 0.6) is 0 Å². The summed E-state index contributed by atoms with van der Waals surface area (Å²) in [7, 11) is 0. The Bertz CT molecular complexity index is 578. The van der Waals surface area contributed by atoms with Crippen LogP contribution in [0, 0.1) is 0 Å². The van der Waals surface area contributed by atoms with Gasteiger partial charge in [0.05, 0.1) is 6.42 Å². The van der Waals surface area contributed by atoms with Crippen molar-refractivity contribution in [3.05, 3.63) is 0 Å². The van der Waals surface area contributed by atoms with E-state index < -0.39 is 36.3 Å². The molecule has 0 bridgehead atoms. The topological polar surface area (TPSA) is 113 Å². The van der Waals surface area contributed by atoms with Crippen LogP contribution in [0.15, 0.2) is 0 Å². The summed E-state index contributed by atoms with van der Waals surface area (Å²) in [5.41, 5.74) is 5.65. The summed E-state index contributed by atoms with van der Waals surface area (Å²) in [4.78, 5) is 47.4. The number of hydrogen-bond acceptors (Lipinski definition) is 7. The van der Waals surface area contributed by atoms with E-state index >= 15 is 0 Å². The van der Waals surface area contributed by atoms with E-state index in [1.807, 2.05) is 0 Å². The molecule has 0 saturated heterocycles. The van der Waals surface area contributed by atoms with Crippen LogP contribution in [0.4, 0.5) is 0 Å². The molecule has 35 heavy (non-hydrogen) atoms. The lowest BCUT2D eigenvalue weighted by Gasteiger charge is -2.10. The van der Waals surface area contributed by atoms with Crippen LogP contribution in [-0.4, -0.2) is 29.9 Å². The molecule has 0 unspecified atom stereocenters. The maximum absolute atomic E-state index is 11.9. The van der Waals surface area contributed by atoms with Gasteiger partial charge < -0.3 is 15.2 Å². The Morgan fingerprint density at radius 3 is 1.26 bits per heavy atom. The van der Waals surface area contributed by atoms with Crippen molar-refractivity contribution in [2.24, 2.45) is 5.73 Å². The molecule has 0 aromatic rings. The maximum Gasteiger partial charge on any atom is 0.331 e. The molecule has 0 aromatic carbocycles. The average Bonchev–Trinajstić information content (AvgIpc) is 2.81. The number of unbranched alkanes of at least 4 members (excludes halogenated alkanes) is 16. The van der Waals surface area contributed by atoms with E-state index in [1.54, 1.807) is 0 Å². The van der Waals surface area contributed by atoms with E-state index in [1.165, 1.54) is 64.2 Å². The van der Waals surface area contributed by atoms with Gasteiger partial charge in [0.25, 0.3) is 0 Å². The number of rotatable bonds is 23. The van der Waals surface area contributed by atoms with Gasteiger partial charge in [-0.25, -0.2) is 4.79 Å². The van der Waals surface area contributed by atoms with Crippen molar-refractivity contribution in [3.8, 4) is 0 Å². The number of nitrogens with two attached hydrogens (primary N) is 1. The fourth-order valence-corrected chi connectivity index (χ4v) is 3.88. The monoisotopic (exact) mass is 497 g/mol. The third kappa shape index (κ3) is 22.4. The summed E-state index contributed by atoms with van der Waals surface area (Å²) in [6.07, 6.45) is 20.0. The first-order chi connectivity index (χ1) is 16.9. The van der Waals surface area contributed by atoms with Gasteiger partial charge in [-0.05, 0) is 12.8 Å². The van der Waals surface area contributed by atoms with Gasteiger partial charge >= 0.3 is 23.9 Å². The molecule has 0 saturated carbocycles. The highest BCUT2D eigenvalue weighted by Gasteiger charge is 2.23. The molecule has 0 radical (unpaired) electrons. The molecule has 0 rings (SSSR count). The molecule has 204 valence electrons. The molecule has 2 N–H and O–H groups in total. The molecule has 0 heterocycles. The quantitative estimate of drug-likeness (QED) is 0.0950. The Labute approximate surface area is 213 Å². The molecular weight excluding hydrogens is 446 g/mol. The fourth-order valence-electron chi connectivity index (χ4n) is 3.88. The molecule has 0 aliphatic carbocycles. The number of carbonyl (C=O) groups is 4. The zero-order valence-electron chi connectivity index (χ0n) is 22.5. The van der Waals surface area contributed by atoms with Gasteiger partial charge in [-0.1, -0.05) is 117 Å². The second-order valence-electron chi connectivity index (χ2n) is 9.61. The largest absolute Gasteiger partial charge is 0.393 e. The fraction of sp³-hybridized carbons (Fsp3) is 0.857. The maximum atomic E-state index is 11.9. The van der Waals surface area contributed by atoms with Gasteiger partial charge in [-0.3, -0.25) is 14.4 Å². The van der Waals surface area contributed by atoms with Crippen LogP contribution < -0.4 is 5.73 Å². The molecule has 7 nitrogen and oxygen atoms in total. The summed E-state index contributed by atoms with van der Waals surface area (Å²) < 4.78 is 9.46. The first-order valence-corrected chi connectivity index (χ1v) is 14.1. The zero-order valence-corrected chi connectivity index (χ0v) is 22.5. The van der Waals surface area contributed by atoms with Crippen LogP contribution in [0.3, 0.4) is 0 Å². The van der Waals surface area contributed by atoms with E-state index in [2.05, 4.69) is 13.8 Å². The van der Waals surface area contributed by atoms with Crippen LogP contribution in [0.1, 0.15) is 149 Å². The molecule has 1 atom stereocenters. The lowest BCUT2D eigenvalue weighted by atomic mass is 10.1. The molecule has 0 amide bonds. The Morgan fingerprint density at radius 2 is 0.857 bits per heavy atom. The van der Waals surface area contributed by atoms with Gasteiger partial charge in [-0.15, -0.1) is 0 Å². The predicted octanol–water partition coefficient (Wildman–Crippen LogP) is 6.69. The Hall–Kier alpha value is -1.76. The predicted molar refractivity (Wildman–Crippen MR) is 138 cm³/mol. The van der Waals surface area contributed by atoms with Crippen molar-refractivity contribution in [1.29, 1.82) is 0 Å².